The highest BCUT2D eigenvalue weighted by atomic mass is 28.3. The first-order valence-electron chi connectivity index (χ1n) is 5.61. The Balaban J connectivity index is 4.18. The van der Waals surface area contributed by atoms with Crippen LogP contribution in [-0.4, -0.2) is 13.9 Å². The summed E-state index contributed by atoms with van der Waals surface area (Å²) >= 11 is 0. The van der Waals surface area contributed by atoms with E-state index in [0.29, 0.717) is 5.92 Å². The van der Waals surface area contributed by atoms with E-state index in [2.05, 4.69) is 45.3 Å². The first-order valence-corrected chi connectivity index (χ1v) is 9.31. The lowest BCUT2D eigenvalue weighted by Gasteiger charge is -2.15. The molecular formula is C13H24OSi. The van der Waals surface area contributed by atoms with E-state index in [-0.39, 0.29) is 11.7 Å². The molecule has 0 saturated carbocycles. The summed E-state index contributed by atoms with van der Waals surface area (Å²) in [5.41, 5.74) is 0. The predicted molar refractivity (Wildman–Crippen MR) is 70.8 cm³/mol. The molecule has 86 valence electrons. The van der Waals surface area contributed by atoms with E-state index in [1.807, 2.05) is 6.92 Å². The molecule has 0 aliphatic rings. The van der Waals surface area contributed by atoms with Crippen LogP contribution in [-0.2, 0) is 4.79 Å². The van der Waals surface area contributed by atoms with E-state index >= 15 is 0 Å². The van der Waals surface area contributed by atoms with Crippen molar-refractivity contribution < 1.29 is 4.79 Å². The fourth-order valence-corrected chi connectivity index (χ4v) is 2.09. The Labute approximate surface area is 95.3 Å². The quantitative estimate of drug-likeness (QED) is 0.380. The van der Waals surface area contributed by atoms with Gasteiger partial charge < -0.3 is 0 Å². The minimum atomic E-state index is -0.986. The molecule has 0 bridgehead atoms. The molecule has 0 saturated heterocycles. The Kier molecular flexibility index (Phi) is 5.80. The van der Waals surface area contributed by atoms with E-state index in [0.717, 1.165) is 0 Å². The van der Waals surface area contributed by atoms with Crippen LogP contribution >= 0.6 is 0 Å². The third kappa shape index (κ3) is 6.45. The lowest BCUT2D eigenvalue weighted by molar-refractivity contribution is -0.118. The van der Waals surface area contributed by atoms with E-state index < -0.39 is 8.07 Å². The van der Waals surface area contributed by atoms with Crippen LogP contribution in [0.5, 0.6) is 0 Å². The average molecular weight is 224 g/mol. The normalized spacial score (nSPS) is 16.3. The fourth-order valence-electron chi connectivity index (χ4n) is 1.25. The van der Waals surface area contributed by atoms with Gasteiger partial charge in [-0.25, -0.2) is 0 Å². The van der Waals surface area contributed by atoms with Crippen LogP contribution in [0.15, 0.2) is 24.8 Å². The van der Waals surface area contributed by atoms with Crippen LogP contribution in [0.1, 0.15) is 13.8 Å². The van der Waals surface area contributed by atoms with E-state index in [1.165, 1.54) is 12.1 Å². The molecule has 2 atom stereocenters. The van der Waals surface area contributed by atoms with Crippen LogP contribution < -0.4 is 0 Å². The molecule has 0 aliphatic heterocycles. The average Bonchev–Trinajstić information content (AvgIpc) is 2.13. The Morgan fingerprint density at radius 2 is 1.87 bits per heavy atom. The second-order valence-corrected chi connectivity index (χ2v) is 11.0. The van der Waals surface area contributed by atoms with Gasteiger partial charge in [0.05, 0.1) is 0 Å². The van der Waals surface area contributed by atoms with Crippen LogP contribution in [0, 0.1) is 11.8 Å². The van der Waals surface area contributed by atoms with Crippen molar-refractivity contribution in [2.75, 3.05) is 0 Å². The molecule has 0 N–H and O–H groups in total. The lowest BCUT2D eigenvalue weighted by Crippen LogP contribution is -2.18. The second-order valence-electron chi connectivity index (χ2n) is 5.45. The Morgan fingerprint density at radius 3 is 2.27 bits per heavy atom. The number of ketones is 1. The van der Waals surface area contributed by atoms with Gasteiger partial charge in [0.2, 0.25) is 0 Å². The van der Waals surface area contributed by atoms with Gasteiger partial charge in [0.25, 0.3) is 0 Å². The molecule has 0 aliphatic carbocycles. The molecule has 0 radical (unpaired) electrons. The smallest absolute Gasteiger partial charge is 0.158 e. The lowest BCUT2D eigenvalue weighted by atomic mass is 9.92. The number of carbonyl (C=O) groups is 1. The molecule has 0 fully saturated rings. The van der Waals surface area contributed by atoms with Crippen LogP contribution in [0.4, 0.5) is 0 Å². The zero-order valence-electron chi connectivity index (χ0n) is 10.7. The zero-order chi connectivity index (χ0) is 12.1. The van der Waals surface area contributed by atoms with Crippen molar-refractivity contribution in [1.82, 2.24) is 0 Å². The maximum absolute atomic E-state index is 11.4. The van der Waals surface area contributed by atoms with Crippen molar-refractivity contribution in [3.05, 3.63) is 24.8 Å². The van der Waals surface area contributed by atoms with Crippen LogP contribution in [0.25, 0.3) is 0 Å². The van der Waals surface area contributed by atoms with Gasteiger partial charge in [-0.2, -0.15) is 0 Å². The summed E-state index contributed by atoms with van der Waals surface area (Å²) in [6, 6.07) is 1.19. The number of rotatable bonds is 6. The summed E-state index contributed by atoms with van der Waals surface area (Å²) in [4.78, 5) is 11.4. The zero-order valence-corrected chi connectivity index (χ0v) is 11.7. The summed E-state index contributed by atoms with van der Waals surface area (Å²) in [6.45, 7) is 14.6. The third-order valence-corrected chi connectivity index (χ3v) is 4.07. The Morgan fingerprint density at radius 1 is 1.33 bits per heavy atom. The molecule has 0 rings (SSSR count). The van der Waals surface area contributed by atoms with Crippen LogP contribution in [0.2, 0.25) is 25.7 Å². The van der Waals surface area contributed by atoms with Gasteiger partial charge in [0.15, 0.2) is 5.78 Å². The highest BCUT2D eigenvalue weighted by Crippen LogP contribution is 2.16. The van der Waals surface area contributed by atoms with E-state index in [9.17, 15) is 4.79 Å². The predicted octanol–water partition coefficient (Wildman–Crippen LogP) is 3.91. The maximum Gasteiger partial charge on any atom is 0.158 e. The highest BCUT2D eigenvalue weighted by molar-refractivity contribution is 6.76. The maximum atomic E-state index is 11.4. The van der Waals surface area contributed by atoms with Crippen LogP contribution in [0.3, 0.4) is 0 Å². The fraction of sp³-hybridized carbons (Fsp3) is 0.615. The Bertz CT molecular complexity index is 248. The van der Waals surface area contributed by atoms with Crippen molar-refractivity contribution >= 4 is 13.9 Å². The summed E-state index contributed by atoms with van der Waals surface area (Å²) in [5.74, 6) is 0.507. The van der Waals surface area contributed by atoms with Crippen molar-refractivity contribution in [2.45, 2.75) is 39.5 Å². The molecule has 0 heterocycles. The molecule has 0 spiro atoms. The number of carbonyl (C=O) groups excluding carboxylic acids is 1. The summed E-state index contributed by atoms with van der Waals surface area (Å²) in [6.07, 6.45) is 5.83. The second kappa shape index (κ2) is 6.06. The summed E-state index contributed by atoms with van der Waals surface area (Å²) < 4.78 is 0. The van der Waals surface area contributed by atoms with Crippen molar-refractivity contribution in [1.29, 1.82) is 0 Å². The molecule has 2 heteroatoms. The number of hydrogen-bond donors (Lipinski definition) is 0. The summed E-state index contributed by atoms with van der Waals surface area (Å²) in [7, 11) is -0.986. The van der Waals surface area contributed by atoms with Gasteiger partial charge >= 0.3 is 0 Å². The molecule has 0 unspecified atom stereocenters. The topological polar surface area (TPSA) is 17.1 Å². The minimum Gasteiger partial charge on any atom is -0.295 e. The van der Waals surface area contributed by atoms with Crippen molar-refractivity contribution in [2.24, 2.45) is 11.8 Å². The molecule has 0 amide bonds. The minimum absolute atomic E-state index is 0.0559. The SMILES string of the molecule is C=CC(=O)[C@@H](C)[C@H](C)/C=C/C[Si](C)(C)C. The van der Waals surface area contributed by atoms with Gasteiger partial charge in [-0.1, -0.05) is 52.2 Å². The monoisotopic (exact) mass is 224 g/mol. The number of hydrogen-bond acceptors (Lipinski definition) is 1. The van der Waals surface area contributed by atoms with Gasteiger partial charge in [-0.15, -0.1) is 0 Å². The molecular weight excluding hydrogens is 200 g/mol. The molecule has 1 nitrogen and oxygen atoms in total. The van der Waals surface area contributed by atoms with Gasteiger partial charge in [0.1, 0.15) is 0 Å². The largest absolute Gasteiger partial charge is 0.295 e. The first kappa shape index (κ1) is 14.4. The van der Waals surface area contributed by atoms with Gasteiger partial charge in [-0.3, -0.25) is 4.79 Å². The summed E-state index contributed by atoms with van der Waals surface area (Å²) in [5, 5.41) is 0. The highest BCUT2D eigenvalue weighted by Gasteiger charge is 2.15. The van der Waals surface area contributed by atoms with E-state index in [4.69, 9.17) is 0 Å². The first-order chi connectivity index (χ1) is 6.78. The Hall–Kier alpha value is -0.633. The third-order valence-electron chi connectivity index (χ3n) is 2.61. The number of allylic oxidation sites excluding steroid dienone is 3. The standard InChI is InChI=1S/C13H24OSi/c1-7-13(14)12(3)11(2)9-8-10-15(4,5)6/h7-9,11-12H,1,10H2,2-6H3/b9-8+/t11-,12+/m1/s1. The molecule has 0 aromatic rings. The van der Waals surface area contributed by atoms with E-state index in [1.54, 1.807) is 0 Å². The molecule has 0 aromatic carbocycles. The van der Waals surface area contributed by atoms with Gasteiger partial charge in [0, 0.05) is 14.0 Å². The molecule has 0 aromatic heterocycles. The van der Waals surface area contributed by atoms with Crippen molar-refractivity contribution in [3.8, 4) is 0 Å². The van der Waals surface area contributed by atoms with Crippen molar-refractivity contribution in [3.63, 3.8) is 0 Å². The molecule has 15 heavy (non-hydrogen) atoms. The van der Waals surface area contributed by atoms with Gasteiger partial charge in [-0.05, 0) is 18.0 Å².